The summed E-state index contributed by atoms with van der Waals surface area (Å²) < 4.78 is 17.6. The lowest BCUT2D eigenvalue weighted by atomic mass is 10.1. The Balaban J connectivity index is 2.13. The minimum Gasteiger partial charge on any atom is -0.465 e. The van der Waals surface area contributed by atoms with E-state index in [1.807, 2.05) is 6.07 Å². The molecule has 0 fully saturated rings. The van der Waals surface area contributed by atoms with Crippen LogP contribution in [0.3, 0.4) is 0 Å². The van der Waals surface area contributed by atoms with Gasteiger partial charge in [-0.25, -0.2) is 9.18 Å². The van der Waals surface area contributed by atoms with Gasteiger partial charge in [0.1, 0.15) is 5.82 Å². The number of rotatable bonds is 3. The lowest BCUT2D eigenvalue weighted by Gasteiger charge is -2.03. The van der Waals surface area contributed by atoms with Crippen molar-refractivity contribution in [1.29, 1.82) is 0 Å². The number of esters is 1. The van der Waals surface area contributed by atoms with Crippen LogP contribution in [0.25, 0.3) is 0 Å². The molecule has 0 unspecified atom stereocenters. The molecule has 0 aliphatic rings. The zero-order chi connectivity index (χ0) is 13.0. The van der Waals surface area contributed by atoms with Crippen LogP contribution in [0.4, 0.5) is 4.39 Å². The van der Waals surface area contributed by atoms with E-state index in [1.165, 1.54) is 25.4 Å². The molecule has 0 bridgehead atoms. The van der Waals surface area contributed by atoms with Gasteiger partial charge in [0.2, 0.25) is 0 Å². The van der Waals surface area contributed by atoms with Crippen LogP contribution >= 0.6 is 0 Å². The summed E-state index contributed by atoms with van der Waals surface area (Å²) in [4.78, 5) is 15.4. The number of nitrogens with zero attached hydrogens (tertiary/aromatic N) is 1. The molecule has 3 nitrogen and oxygen atoms in total. The fourth-order valence-electron chi connectivity index (χ4n) is 1.62. The Morgan fingerprint density at radius 1 is 1.33 bits per heavy atom. The summed E-state index contributed by atoms with van der Waals surface area (Å²) in [5, 5.41) is 0. The number of benzene rings is 1. The molecule has 0 saturated heterocycles. The highest BCUT2D eigenvalue weighted by molar-refractivity contribution is 5.88. The maximum atomic E-state index is 13.0. The van der Waals surface area contributed by atoms with Crippen LogP contribution in [0.5, 0.6) is 0 Å². The summed E-state index contributed by atoms with van der Waals surface area (Å²) in [7, 11) is 1.32. The number of hydrogen-bond donors (Lipinski definition) is 0. The highest BCUT2D eigenvalue weighted by Gasteiger charge is 2.05. The van der Waals surface area contributed by atoms with E-state index in [-0.39, 0.29) is 5.82 Å². The summed E-state index contributed by atoms with van der Waals surface area (Å²) in [5.74, 6) is -0.682. The minimum absolute atomic E-state index is 0.265. The molecule has 1 aromatic heterocycles. The monoisotopic (exact) mass is 245 g/mol. The molecule has 0 saturated carbocycles. The molecule has 0 aliphatic carbocycles. The average molecular weight is 245 g/mol. The van der Waals surface area contributed by atoms with Gasteiger partial charge in [0, 0.05) is 18.3 Å². The van der Waals surface area contributed by atoms with Crippen LogP contribution in [-0.4, -0.2) is 18.1 Å². The number of ether oxygens (including phenoxy) is 1. The Hall–Kier alpha value is -2.23. The Morgan fingerprint density at radius 2 is 2.17 bits per heavy atom. The fraction of sp³-hybridized carbons (Fsp3) is 0.143. The first-order valence-electron chi connectivity index (χ1n) is 5.47. The first-order chi connectivity index (χ1) is 8.69. The van der Waals surface area contributed by atoms with Gasteiger partial charge in [0.15, 0.2) is 0 Å². The standard InChI is InChI=1S/C14H12FNO2/c1-18-14(17)11-5-6-13(16-9-11)8-10-3-2-4-12(15)7-10/h2-7,9H,8H2,1H3. The fourth-order valence-corrected chi connectivity index (χ4v) is 1.62. The Labute approximate surface area is 104 Å². The Kier molecular flexibility index (Phi) is 3.67. The second-order valence-electron chi connectivity index (χ2n) is 3.84. The van der Waals surface area contributed by atoms with Crippen LogP contribution < -0.4 is 0 Å². The number of aromatic nitrogens is 1. The molecule has 0 N–H and O–H groups in total. The Bertz CT molecular complexity index is 552. The summed E-state index contributed by atoms with van der Waals surface area (Å²) in [6.45, 7) is 0. The lowest BCUT2D eigenvalue weighted by Crippen LogP contribution is -2.02. The SMILES string of the molecule is COC(=O)c1ccc(Cc2cccc(F)c2)nc1. The van der Waals surface area contributed by atoms with Crippen molar-refractivity contribution in [3.63, 3.8) is 0 Å². The van der Waals surface area contributed by atoms with Crippen molar-refractivity contribution < 1.29 is 13.9 Å². The first-order valence-corrected chi connectivity index (χ1v) is 5.47. The van der Waals surface area contributed by atoms with Crippen molar-refractivity contribution in [2.24, 2.45) is 0 Å². The molecule has 1 aromatic carbocycles. The smallest absolute Gasteiger partial charge is 0.339 e. The molecule has 92 valence electrons. The van der Waals surface area contributed by atoms with Gasteiger partial charge in [0.25, 0.3) is 0 Å². The van der Waals surface area contributed by atoms with Crippen LogP contribution in [0, 0.1) is 5.82 Å². The van der Waals surface area contributed by atoms with E-state index in [1.54, 1.807) is 18.2 Å². The molecule has 0 spiro atoms. The number of hydrogen-bond acceptors (Lipinski definition) is 3. The first kappa shape index (κ1) is 12.2. The molecule has 4 heteroatoms. The van der Waals surface area contributed by atoms with Crippen molar-refractivity contribution in [1.82, 2.24) is 4.98 Å². The van der Waals surface area contributed by atoms with Gasteiger partial charge in [-0.2, -0.15) is 0 Å². The van der Waals surface area contributed by atoms with E-state index in [4.69, 9.17) is 0 Å². The molecule has 18 heavy (non-hydrogen) atoms. The molecular weight excluding hydrogens is 233 g/mol. The average Bonchev–Trinajstić information content (AvgIpc) is 2.39. The summed E-state index contributed by atoms with van der Waals surface area (Å²) in [5.41, 5.74) is 2.02. The summed E-state index contributed by atoms with van der Waals surface area (Å²) in [6, 6.07) is 9.74. The Morgan fingerprint density at radius 3 is 2.78 bits per heavy atom. The highest BCUT2D eigenvalue weighted by Crippen LogP contribution is 2.10. The maximum Gasteiger partial charge on any atom is 0.339 e. The van der Waals surface area contributed by atoms with Crippen LogP contribution in [0.1, 0.15) is 21.6 Å². The molecule has 0 atom stereocenters. The van der Waals surface area contributed by atoms with Crippen LogP contribution in [0.15, 0.2) is 42.6 Å². The third kappa shape index (κ3) is 2.91. The molecule has 0 aliphatic heterocycles. The zero-order valence-corrected chi connectivity index (χ0v) is 9.89. The van der Waals surface area contributed by atoms with Gasteiger partial charge in [-0.15, -0.1) is 0 Å². The van der Waals surface area contributed by atoms with Gasteiger partial charge < -0.3 is 4.74 Å². The maximum absolute atomic E-state index is 13.0. The number of carbonyl (C=O) groups excluding carboxylic acids is 1. The van der Waals surface area contributed by atoms with Crippen molar-refractivity contribution >= 4 is 5.97 Å². The van der Waals surface area contributed by atoms with E-state index in [0.717, 1.165) is 11.3 Å². The van der Waals surface area contributed by atoms with E-state index in [9.17, 15) is 9.18 Å². The van der Waals surface area contributed by atoms with Gasteiger partial charge in [0.05, 0.1) is 12.7 Å². The van der Waals surface area contributed by atoms with Gasteiger partial charge in [-0.05, 0) is 29.8 Å². The van der Waals surface area contributed by atoms with E-state index >= 15 is 0 Å². The topological polar surface area (TPSA) is 39.2 Å². The third-order valence-electron chi connectivity index (χ3n) is 2.52. The lowest BCUT2D eigenvalue weighted by molar-refractivity contribution is 0.0600. The molecule has 2 aromatic rings. The van der Waals surface area contributed by atoms with Crippen molar-refractivity contribution in [2.75, 3.05) is 7.11 Å². The van der Waals surface area contributed by atoms with Gasteiger partial charge in [-0.3, -0.25) is 4.98 Å². The second kappa shape index (κ2) is 5.40. The predicted octanol–water partition coefficient (Wildman–Crippen LogP) is 2.60. The van der Waals surface area contributed by atoms with Crippen LogP contribution in [-0.2, 0) is 11.2 Å². The van der Waals surface area contributed by atoms with E-state index in [2.05, 4.69) is 9.72 Å². The molecule has 0 radical (unpaired) electrons. The zero-order valence-electron chi connectivity index (χ0n) is 9.89. The summed E-state index contributed by atoms with van der Waals surface area (Å²) in [6.07, 6.45) is 1.99. The molecular formula is C14H12FNO2. The molecule has 0 amide bonds. The summed E-state index contributed by atoms with van der Waals surface area (Å²) >= 11 is 0. The number of methoxy groups -OCH3 is 1. The minimum atomic E-state index is -0.417. The van der Waals surface area contributed by atoms with E-state index < -0.39 is 5.97 Å². The molecule has 2 rings (SSSR count). The van der Waals surface area contributed by atoms with Crippen molar-refractivity contribution in [3.8, 4) is 0 Å². The highest BCUT2D eigenvalue weighted by atomic mass is 19.1. The normalized spacial score (nSPS) is 10.1. The second-order valence-corrected chi connectivity index (χ2v) is 3.84. The van der Waals surface area contributed by atoms with Crippen LogP contribution in [0.2, 0.25) is 0 Å². The predicted molar refractivity (Wildman–Crippen MR) is 64.8 cm³/mol. The quantitative estimate of drug-likeness (QED) is 0.780. The van der Waals surface area contributed by atoms with Gasteiger partial charge >= 0.3 is 5.97 Å². The van der Waals surface area contributed by atoms with Gasteiger partial charge in [-0.1, -0.05) is 12.1 Å². The number of halogens is 1. The third-order valence-corrected chi connectivity index (χ3v) is 2.52. The van der Waals surface area contributed by atoms with Crippen molar-refractivity contribution in [3.05, 3.63) is 65.2 Å². The molecule has 1 heterocycles. The van der Waals surface area contributed by atoms with Crippen molar-refractivity contribution in [2.45, 2.75) is 6.42 Å². The largest absolute Gasteiger partial charge is 0.465 e. The number of carbonyl (C=O) groups is 1. The van der Waals surface area contributed by atoms with E-state index in [0.29, 0.717) is 12.0 Å². The number of pyridine rings is 1.